The molecule has 2 heterocycles. The summed E-state index contributed by atoms with van der Waals surface area (Å²) in [6, 6.07) is 0.554. The number of nitro groups is 1. The molecule has 0 bridgehead atoms. The van der Waals surface area contributed by atoms with Gasteiger partial charge in [0.25, 0.3) is 0 Å². The summed E-state index contributed by atoms with van der Waals surface area (Å²) in [6.07, 6.45) is -3.13. The van der Waals surface area contributed by atoms with E-state index in [2.05, 4.69) is 25.0 Å². The minimum absolute atomic E-state index is 0.126. The molecule has 2 rings (SSSR count). The zero-order valence-electron chi connectivity index (χ0n) is 9.59. The largest absolute Gasteiger partial charge is 0.433 e. The standard InChI is InChI=1S/C9H6F3N5O3/c10-9(11,12)7-1-5(6(2-14-7)17(18)19)13-3-8-15-4-20-16-8/h1-2,4H,3H2,(H,13,14). The Morgan fingerprint density at radius 1 is 1.40 bits per heavy atom. The van der Waals surface area contributed by atoms with Crippen molar-refractivity contribution < 1.29 is 22.6 Å². The first kappa shape index (κ1) is 13.7. The maximum absolute atomic E-state index is 12.5. The minimum atomic E-state index is -4.70. The Hall–Kier alpha value is -2.72. The third-order valence-corrected chi connectivity index (χ3v) is 2.21. The summed E-state index contributed by atoms with van der Waals surface area (Å²) in [5, 5.41) is 16.6. The second-order valence-electron chi connectivity index (χ2n) is 3.54. The first-order valence-electron chi connectivity index (χ1n) is 5.08. The highest BCUT2D eigenvalue weighted by molar-refractivity contribution is 5.61. The van der Waals surface area contributed by atoms with Gasteiger partial charge in [0.1, 0.15) is 17.6 Å². The van der Waals surface area contributed by atoms with E-state index in [9.17, 15) is 23.3 Å². The fraction of sp³-hybridized carbons (Fsp3) is 0.222. The first-order valence-corrected chi connectivity index (χ1v) is 5.08. The van der Waals surface area contributed by atoms with Gasteiger partial charge in [-0.2, -0.15) is 18.2 Å². The minimum Gasteiger partial charge on any atom is -0.372 e. The van der Waals surface area contributed by atoms with E-state index in [1.807, 2.05) is 0 Å². The van der Waals surface area contributed by atoms with Crippen LogP contribution in [-0.2, 0) is 12.7 Å². The lowest BCUT2D eigenvalue weighted by Gasteiger charge is -2.09. The van der Waals surface area contributed by atoms with Crippen LogP contribution in [0.15, 0.2) is 23.2 Å². The molecule has 0 saturated carbocycles. The lowest BCUT2D eigenvalue weighted by Crippen LogP contribution is -2.11. The Morgan fingerprint density at radius 3 is 2.70 bits per heavy atom. The maximum atomic E-state index is 12.5. The first-order chi connectivity index (χ1) is 9.38. The summed E-state index contributed by atoms with van der Waals surface area (Å²) < 4.78 is 42.0. The van der Waals surface area contributed by atoms with E-state index < -0.39 is 22.5 Å². The topological polar surface area (TPSA) is 107 Å². The van der Waals surface area contributed by atoms with Crippen LogP contribution in [-0.4, -0.2) is 20.0 Å². The van der Waals surface area contributed by atoms with Gasteiger partial charge in [0.2, 0.25) is 6.39 Å². The highest BCUT2D eigenvalue weighted by Gasteiger charge is 2.34. The Labute approximate surface area is 108 Å². The van der Waals surface area contributed by atoms with Crippen LogP contribution in [0, 0.1) is 10.1 Å². The molecule has 2 aromatic heterocycles. The molecule has 2 aromatic rings. The van der Waals surface area contributed by atoms with Crippen LogP contribution in [0.3, 0.4) is 0 Å². The number of nitrogens with one attached hydrogen (secondary N) is 1. The molecule has 0 aliphatic rings. The lowest BCUT2D eigenvalue weighted by molar-refractivity contribution is -0.384. The van der Waals surface area contributed by atoms with Gasteiger partial charge in [-0.3, -0.25) is 10.1 Å². The lowest BCUT2D eigenvalue weighted by atomic mass is 10.2. The molecular weight excluding hydrogens is 283 g/mol. The highest BCUT2D eigenvalue weighted by atomic mass is 19.4. The molecule has 11 heteroatoms. The van der Waals surface area contributed by atoms with E-state index in [-0.39, 0.29) is 18.1 Å². The van der Waals surface area contributed by atoms with Crippen molar-refractivity contribution in [2.24, 2.45) is 0 Å². The number of anilines is 1. The average molecular weight is 289 g/mol. The average Bonchev–Trinajstić information content (AvgIpc) is 2.87. The SMILES string of the molecule is O=[N+]([O-])c1cnc(C(F)(F)F)cc1NCc1ncon1. The number of pyridine rings is 1. The van der Waals surface area contributed by atoms with Gasteiger partial charge in [0.15, 0.2) is 5.82 Å². The summed E-state index contributed by atoms with van der Waals surface area (Å²) in [6.45, 7) is -0.126. The number of rotatable bonds is 4. The number of hydrogen-bond donors (Lipinski definition) is 1. The van der Waals surface area contributed by atoms with Crippen molar-refractivity contribution in [3.63, 3.8) is 0 Å². The number of nitrogens with zero attached hydrogens (tertiary/aromatic N) is 4. The molecule has 0 fully saturated rings. The van der Waals surface area contributed by atoms with Crippen LogP contribution in [0.1, 0.15) is 11.5 Å². The number of aromatic nitrogens is 3. The van der Waals surface area contributed by atoms with Crippen LogP contribution < -0.4 is 5.32 Å². The van der Waals surface area contributed by atoms with Gasteiger partial charge in [-0.25, -0.2) is 4.98 Å². The number of hydrogen-bond acceptors (Lipinski definition) is 7. The van der Waals surface area contributed by atoms with Crippen LogP contribution >= 0.6 is 0 Å². The third kappa shape index (κ3) is 2.99. The quantitative estimate of drug-likeness (QED) is 0.677. The molecule has 106 valence electrons. The molecule has 8 nitrogen and oxygen atoms in total. The van der Waals surface area contributed by atoms with E-state index in [0.29, 0.717) is 12.3 Å². The van der Waals surface area contributed by atoms with E-state index in [0.717, 1.165) is 6.39 Å². The molecule has 0 atom stereocenters. The fourth-order valence-electron chi connectivity index (χ4n) is 1.33. The normalized spacial score (nSPS) is 11.3. The van der Waals surface area contributed by atoms with Crippen molar-refractivity contribution in [2.45, 2.75) is 12.7 Å². The molecule has 0 radical (unpaired) electrons. The van der Waals surface area contributed by atoms with Crippen molar-refractivity contribution in [3.05, 3.63) is 40.3 Å². The molecular formula is C9H6F3N5O3. The van der Waals surface area contributed by atoms with Crippen LogP contribution in [0.25, 0.3) is 0 Å². The van der Waals surface area contributed by atoms with Crippen LogP contribution in [0.2, 0.25) is 0 Å². The van der Waals surface area contributed by atoms with Gasteiger partial charge in [-0.1, -0.05) is 5.16 Å². The van der Waals surface area contributed by atoms with E-state index in [4.69, 9.17) is 0 Å². The smallest absolute Gasteiger partial charge is 0.372 e. The molecule has 0 spiro atoms. The van der Waals surface area contributed by atoms with Crippen molar-refractivity contribution in [1.82, 2.24) is 15.1 Å². The molecule has 0 aliphatic heterocycles. The van der Waals surface area contributed by atoms with Crippen LogP contribution in [0.4, 0.5) is 24.5 Å². The van der Waals surface area contributed by atoms with Gasteiger partial charge in [-0.05, 0) is 6.07 Å². The van der Waals surface area contributed by atoms with Crippen LogP contribution in [0.5, 0.6) is 0 Å². The number of halogens is 3. The van der Waals surface area contributed by atoms with Gasteiger partial charge in [0, 0.05) is 0 Å². The predicted octanol–water partition coefficient (Wildman–Crippen LogP) is 2.00. The molecule has 0 saturated heterocycles. The molecule has 0 unspecified atom stereocenters. The summed E-state index contributed by atoms with van der Waals surface area (Å²) in [5.41, 5.74) is -2.15. The molecule has 1 N–H and O–H groups in total. The predicted molar refractivity (Wildman–Crippen MR) is 57.5 cm³/mol. The third-order valence-electron chi connectivity index (χ3n) is 2.21. The maximum Gasteiger partial charge on any atom is 0.433 e. The summed E-state index contributed by atoms with van der Waals surface area (Å²) in [4.78, 5) is 16.5. The van der Waals surface area contributed by atoms with Gasteiger partial charge in [0.05, 0.1) is 11.5 Å². The van der Waals surface area contributed by atoms with Crippen molar-refractivity contribution in [1.29, 1.82) is 0 Å². The second-order valence-corrected chi connectivity index (χ2v) is 3.54. The van der Waals surface area contributed by atoms with E-state index in [1.54, 1.807) is 0 Å². The Balaban J connectivity index is 2.29. The summed E-state index contributed by atoms with van der Waals surface area (Å²) in [5.74, 6) is 0.143. The monoisotopic (exact) mass is 289 g/mol. The Morgan fingerprint density at radius 2 is 2.15 bits per heavy atom. The second kappa shape index (κ2) is 5.11. The fourth-order valence-corrected chi connectivity index (χ4v) is 1.33. The summed E-state index contributed by atoms with van der Waals surface area (Å²) in [7, 11) is 0. The van der Waals surface area contributed by atoms with E-state index in [1.165, 1.54) is 0 Å². The molecule has 0 amide bonds. The van der Waals surface area contributed by atoms with Crippen molar-refractivity contribution in [3.8, 4) is 0 Å². The number of alkyl halides is 3. The Bertz CT molecular complexity index is 614. The van der Waals surface area contributed by atoms with Gasteiger partial charge in [-0.15, -0.1) is 0 Å². The molecule has 0 aromatic carbocycles. The van der Waals surface area contributed by atoms with Crippen molar-refractivity contribution in [2.75, 3.05) is 5.32 Å². The Kier molecular flexibility index (Phi) is 3.50. The van der Waals surface area contributed by atoms with Crippen molar-refractivity contribution >= 4 is 11.4 Å². The zero-order chi connectivity index (χ0) is 14.8. The highest BCUT2D eigenvalue weighted by Crippen LogP contribution is 2.32. The van der Waals surface area contributed by atoms with E-state index >= 15 is 0 Å². The molecule has 0 aliphatic carbocycles. The summed E-state index contributed by atoms with van der Waals surface area (Å²) >= 11 is 0. The van der Waals surface area contributed by atoms with Gasteiger partial charge >= 0.3 is 11.9 Å². The zero-order valence-corrected chi connectivity index (χ0v) is 9.59. The molecule has 20 heavy (non-hydrogen) atoms. The van der Waals surface area contributed by atoms with Gasteiger partial charge < -0.3 is 9.84 Å².